The molecule has 0 atom stereocenters. The lowest BCUT2D eigenvalue weighted by molar-refractivity contribution is -0.124. The van der Waals surface area contributed by atoms with Gasteiger partial charge in [0.2, 0.25) is 0 Å². The maximum Gasteiger partial charge on any atom is 0.258 e. The molecule has 4 nitrogen and oxygen atoms in total. The van der Waals surface area contributed by atoms with Crippen molar-refractivity contribution in [1.29, 1.82) is 0 Å². The van der Waals surface area contributed by atoms with Crippen LogP contribution in [0.15, 0.2) is 12.1 Å². The summed E-state index contributed by atoms with van der Waals surface area (Å²) in [6.07, 6.45) is 0.715. The third-order valence-electron chi connectivity index (χ3n) is 2.95. The lowest BCUT2D eigenvalue weighted by atomic mass is 10.0. The van der Waals surface area contributed by atoms with E-state index in [2.05, 4.69) is 5.32 Å². The fraction of sp³-hybridized carbons (Fsp3) is 0.500. The van der Waals surface area contributed by atoms with Gasteiger partial charge in [-0.15, -0.1) is 0 Å². The van der Waals surface area contributed by atoms with E-state index in [1.807, 2.05) is 20.8 Å². The minimum Gasteiger partial charge on any atom is -0.478 e. The number of ether oxygens (including phenoxy) is 1. The number of nitrogens with one attached hydrogen (secondary N) is 1. The molecule has 112 valence electrons. The molecule has 0 aliphatic heterocycles. The summed E-state index contributed by atoms with van der Waals surface area (Å²) >= 11 is 0. The molecule has 0 radical (unpaired) electrons. The lowest BCUT2D eigenvalue weighted by Gasteiger charge is -2.24. The Bertz CT molecular complexity index is 466. The average Bonchev–Trinajstić information content (AvgIpc) is 2.36. The van der Waals surface area contributed by atoms with Crippen molar-refractivity contribution in [3.63, 3.8) is 0 Å². The maximum atomic E-state index is 13.5. The molecule has 0 aliphatic carbocycles. The third-order valence-corrected chi connectivity index (χ3v) is 2.95. The number of hydrogen-bond donors (Lipinski definition) is 2. The predicted octanol–water partition coefficient (Wildman–Crippen LogP) is 2.14. The first kappa shape index (κ1) is 16.4. The normalized spacial score (nSPS) is 11.3. The molecule has 1 aromatic carbocycles. The Labute approximate surface area is 116 Å². The molecule has 1 aromatic rings. The maximum absolute atomic E-state index is 13.5. The van der Waals surface area contributed by atoms with Gasteiger partial charge in [0.15, 0.2) is 24.0 Å². The van der Waals surface area contributed by atoms with E-state index in [4.69, 9.17) is 9.84 Å². The van der Waals surface area contributed by atoms with Crippen LogP contribution in [0.5, 0.6) is 5.75 Å². The molecule has 0 aromatic heterocycles. The number of rotatable bonds is 6. The minimum absolute atomic E-state index is 0.101. The summed E-state index contributed by atoms with van der Waals surface area (Å²) in [6.45, 7) is 4.63. The van der Waals surface area contributed by atoms with Crippen LogP contribution in [0.1, 0.15) is 32.8 Å². The fourth-order valence-electron chi connectivity index (χ4n) is 1.48. The molecule has 0 saturated carbocycles. The first-order valence-corrected chi connectivity index (χ1v) is 6.31. The molecule has 0 unspecified atom stereocenters. The summed E-state index contributed by atoms with van der Waals surface area (Å²) in [5.74, 6) is -2.97. The van der Waals surface area contributed by atoms with Crippen molar-refractivity contribution in [2.45, 2.75) is 39.3 Å². The van der Waals surface area contributed by atoms with E-state index >= 15 is 0 Å². The molecule has 1 amide bonds. The van der Waals surface area contributed by atoms with E-state index in [1.165, 1.54) is 0 Å². The van der Waals surface area contributed by atoms with E-state index < -0.39 is 42.0 Å². The van der Waals surface area contributed by atoms with E-state index in [0.29, 0.717) is 6.42 Å². The molecule has 1 rings (SSSR count). The van der Waals surface area contributed by atoms with Gasteiger partial charge in [-0.2, -0.15) is 0 Å². The zero-order valence-electron chi connectivity index (χ0n) is 11.8. The average molecular weight is 287 g/mol. The van der Waals surface area contributed by atoms with Crippen molar-refractivity contribution in [3.8, 4) is 5.75 Å². The molecule has 0 saturated heterocycles. The van der Waals surface area contributed by atoms with Crippen LogP contribution in [-0.2, 0) is 11.4 Å². The molecule has 2 N–H and O–H groups in total. The second-order valence-corrected chi connectivity index (χ2v) is 5.12. The van der Waals surface area contributed by atoms with Crippen LogP contribution in [0, 0.1) is 11.6 Å². The highest BCUT2D eigenvalue weighted by molar-refractivity contribution is 5.78. The van der Waals surface area contributed by atoms with Crippen LogP contribution in [0.3, 0.4) is 0 Å². The van der Waals surface area contributed by atoms with Crippen molar-refractivity contribution in [2.75, 3.05) is 6.61 Å². The molecule has 0 spiro atoms. The van der Waals surface area contributed by atoms with Crippen molar-refractivity contribution in [1.82, 2.24) is 5.32 Å². The Morgan fingerprint density at radius 3 is 2.35 bits per heavy atom. The Balaban J connectivity index is 2.69. The smallest absolute Gasteiger partial charge is 0.258 e. The largest absolute Gasteiger partial charge is 0.478 e. The van der Waals surface area contributed by atoms with Crippen molar-refractivity contribution >= 4 is 5.91 Å². The van der Waals surface area contributed by atoms with Crippen LogP contribution in [0.4, 0.5) is 8.78 Å². The highest BCUT2D eigenvalue weighted by Gasteiger charge is 2.19. The van der Waals surface area contributed by atoms with Gasteiger partial charge in [0.05, 0.1) is 6.61 Å². The second kappa shape index (κ2) is 6.65. The van der Waals surface area contributed by atoms with Gasteiger partial charge in [-0.3, -0.25) is 4.79 Å². The van der Waals surface area contributed by atoms with Crippen LogP contribution < -0.4 is 10.1 Å². The number of carbonyl (C=O) groups excluding carboxylic acids is 1. The van der Waals surface area contributed by atoms with E-state index in [1.54, 1.807) is 0 Å². The van der Waals surface area contributed by atoms with Gasteiger partial charge in [-0.25, -0.2) is 8.78 Å². The number of carbonyl (C=O) groups is 1. The summed E-state index contributed by atoms with van der Waals surface area (Å²) in [4.78, 5) is 11.6. The number of benzene rings is 1. The summed E-state index contributed by atoms with van der Waals surface area (Å²) in [6, 6.07) is 1.93. The van der Waals surface area contributed by atoms with E-state index in [9.17, 15) is 13.6 Å². The molecular formula is C14H19F2NO3. The first-order chi connectivity index (χ1) is 9.29. The molecule has 20 heavy (non-hydrogen) atoms. The van der Waals surface area contributed by atoms with Crippen LogP contribution in [-0.4, -0.2) is 23.2 Å². The Morgan fingerprint density at radius 2 is 1.90 bits per heavy atom. The second-order valence-electron chi connectivity index (χ2n) is 5.12. The molecule has 6 heteroatoms. The molecule has 0 fully saturated rings. The molecule has 0 bridgehead atoms. The van der Waals surface area contributed by atoms with E-state index in [-0.39, 0.29) is 5.56 Å². The van der Waals surface area contributed by atoms with Crippen LogP contribution in [0.2, 0.25) is 0 Å². The predicted molar refractivity (Wildman–Crippen MR) is 70.3 cm³/mol. The lowest BCUT2D eigenvalue weighted by Crippen LogP contribution is -2.45. The third kappa shape index (κ3) is 4.45. The quantitative estimate of drug-likeness (QED) is 0.842. The zero-order valence-corrected chi connectivity index (χ0v) is 11.8. The summed E-state index contributed by atoms with van der Waals surface area (Å²) in [5.41, 5.74) is -0.304. The zero-order chi connectivity index (χ0) is 15.3. The first-order valence-electron chi connectivity index (χ1n) is 6.31. The highest BCUT2D eigenvalue weighted by atomic mass is 19.1. The van der Waals surface area contributed by atoms with Gasteiger partial charge in [-0.05, 0) is 38.0 Å². The van der Waals surface area contributed by atoms with Gasteiger partial charge in [0, 0.05) is 5.54 Å². The Hall–Kier alpha value is -1.69. The summed E-state index contributed by atoms with van der Waals surface area (Å²) in [7, 11) is 0. The van der Waals surface area contributed by atoms with Gasteiger partial charge >= 0.3 is 0 Å². The topological polar surface area (TPSA) is 58.6 Å². The molecule has 0 aliphatic rings. The Kier molecular flexibility index (Phi) is 5.44. The van der Waals surface area contributed by atoms with Gasteiger partial charge in [0.1, 0.15) is 0 Å². The number of aliphatic hydroxyl groups is 1. The highest BCUT2D eigenvalue weighted by Crippen LogP contribution is 2.23. The summed E-state index contributed by atoms with van der Waals surface area (Å²) < 4.78 is 32.0. The number of hydrogen-bond acceptors (Lipinski definition) is 3. The van der Waals surface area contributed by atoms with Crippen LogP contribution in [0.25, 0.3) is 0 Å². The number of halogens is 2. The standard InChI is InChI=1S/C14H19F2NO3/c1-4-14(2,3)17-12(19)8-20-13-10(15)5-9(7-18)6-11(13)16/h5-6,18H,4,7-8H2,1-3H3,(H,17,19). The fourth-order valence-corrected chi connectivity index (χ4v) is 1.48. The van der Waals surface area contributed by atoms with E-state index in [0.717, 1.165) is 12.1 Å². The minimum atomic E-state index is -0.948. The summed E-state index contributed by atoms with van der Waals surface area (Å²) in [5, 5.41) is 11.5. The van der Waals surface area contributed by atoms with Crippen molar-refractivity contribution < 1.29 is 23.4 Å². The number of aliphatic hydroxyl groups excluding tert-OH is 1. The monoisotopic (exact) mass is 287 g/mol. The van der Waals surface area contributed by atoms with Gasteiger partial charge in [0.25, 0.3) is 5.91 Å². The molecule has 0 heterocycles. The number of amides is 1. The Morgan fingerprint density at radius 1 is 1.35 bits per heavy atom. The van der Waals surface area contributed by atoms with Crippen LogP contribution >= 0.6 is 0 Å². The van der Waals surface area contributed by atoms with Crippen molar-refractivity contribution in [3.05, 3.63) is 29.3 Å². The molecular weight excluding hydrogens is 268 g/mol. The SMILES string of the molecule is CCC(C)(C)NC(=O)COc1c(F)cc(CO)cc1F. The van der Waals surface area contributed by atoms with Gasteiger partial charge < -0.3 is 15.2 Å². The van der Waals surface area contributed by atoms with Gasteiger partial charge in [-0.1, -0.05) is 6.92 Å². The van der Waals surface area contributed by atoms with Crippen molar-refractivity contribution in [2.24, 2.45) is 0 Å².